The fourth-order valence-corrected chi connectivity index (χ4v) is 1.71. The predicted octanol–water partition coefficient (Wildman–Crippen LogP) is 2.63. The zero-order chi connectivity index (χ0) is 11.9. The summed E-state index contributed by atoms with van der Waals surface area (Å²) in [5.41, 5.74) is 4.60. The van der Waals surface area contributed by atoms with E-state index in [-0.39, 0.29) is 17.9 Å². The van der Waals surface area contributed by atoms with Crippen molar-refractivity contribution in [2.45, 2.75) is 18.6 Å². The molecule has 2 rings (SSSR count). The fraction of sp³-hybridized carbons (Fsp3) is 0.400. The summed E-state index contributed by atoms with van der Waals surface area (Å²) in [4.78, 5) is 0. The van der Waals surface area contributed by atoms with Crippen LogP contribution in [0.1, 0.15) is 23.6 Å². The molecule has 1 atom stereocenters. The predicted molar refractivity (Wildman–Crippen MR) is 48.4 cm³/mol. The van der Waals surface area contributed by atoms with Gasteiger partial charge in [-0.25, -0.2) is 4.39 Å². The summed E-state index contributed by atoms with van der Waals surface area (Å²) < 4.78 is 55.8. The van der Waals surface area contributed by atoms with Crippen molar-refractivity contribution in [1.82, 2.24) is 0 Å². The van der Waals surface area contributed by atoms with E-state index in [1.165, 1.54) is 0 Å². The van der Waals surface area contributed by atoms with Crippen molar-refractivity contribution in [1.29, 1.82) is 0 Å². The third-order valence-electron chi connectivity index (χ3n) is 2.46. The molecule has 0 fully saturated rings. The van der Waals surface area contributed by atoms with Crippen molar-refractivity contribution < 1.29 is 22.3 Å². The highest BCUT2D eigenvalue weighted by Gasteiger charge is 2.38. The monoisotopic (exact) mass is 235 g/mol. The van der Waals surface area contributed by atoms with Crippen LogP contribution >= 0.6 is 0 Å². The summed E-state index contributed by atoms with van der Waals surface area (Å²) in [5, 5.41) is 0. The molecule has 2 N–H and O–H groups in total. The van der Waals surface area contributed by atoms with E-state index in [1.54, 1.807) is 0 Å². The molecule has 6 heteroatoms. The van der Waals surface area contributed by atoms with Gasteiger partial charge in [-0.3, -0.25) is 0 Å². The summed E-state index contributed by atoms with van der Waals surface area (Å²) in [6.45, 7) is 0.114. The molecule has 0 spiro atoms. The van der Waals surface area contributed by atoms with E-state index < -0.39 is 23.6 Å². The van der Waals surface area contributed by atoms with Crippen LogP contribution < -0.4 is 10.5 Å². The number of alkyl halides is 3. The topological polar surface area (TPSA) is 35.2 Å². The fourth-order valence-electron chi connectivity index (χ4n) is 1.71. The number of halogens is 4. The lowest BCUT2D eigenvalue weighted by atomic mass is 9.98. The molecule has 0 amide bonds. The second-order valence-electron chi connectivity index (χ2n) is 3.61. The second-order valence-corrected chi connectivity index (χ2v) is 3.61. The molecule has 0 saturated carbocycles. The van der Waals surface area contributed by atoms with Gasteiger partial charge in [0.1, 0.15) is 17.1 Å². The first-order valence-electron chi connectivity index (χ1n) is 4.68. The summed E-state index contributed by atoms with van der Waals surface area (Å²) in [6, 6.07) is 0.811. The van der Waals surface area contributed by atoms with Crippen LogP contribution in [0.5, 0.6) is 5.75 Å². The van der Waals surface area contributed by atoms with Crippen LogP contribution in [0.3, 0.4) is 0 Å². The Morgan fingerprint density at radius 1 is 1.31 bits per heavy atom. The Morgan fingerprint density at radius 3 is 2.62 bits per heavy atom. The van der Waals surface area contributed by atoms with Crippen LogP contribution in [0, 0.1) is 5.82 Å². The molecule has 0 aromatic heterocycles. The van der Waals surface area contributed by atoms with Crippen molar-refractivity contribution in [3.63, 3.8) is 0 Å². The molecule has 0 bridgehead atoms. The van der Waals surface area contributed by atoms with Crippen LogP contribution in [-0.2, 0) is 6.18 Å². The molecule has 16 heavy (non-hydrogen) atoms. The van der Waals surface area contributed by atoms with Crippen LogP contribution in [0.2, 0.25) is 0 Å². The Labute approximate surface area is 89.0 Å². The second kappa shape index (κ2) is 3.62. The molecule has 0 unspecified atom stereocenters. The summed E-state index contributed by atoms with van der Waals surface area (Å²) in [6.07, 6.45) is -4.25. The van der Waals surface area contributed by atoms with E-state index >= 15 is 0 Å². The molecule has 1 aromatic rings. The molecular formula is C10H9F4NO. The van der Waals surface area contributed by atoms with Gasteiger partial charge < -0.3 is 10.5 Å². The van der Waals surface area contributed by atoms with Crippen molar-refractivity contribution >= 4 is 0 Å². The van der Waals surface area contributed by atoms with Crippen molar-refractivity contribution in [2.24, 2.45) is 5.73 Å². The average Bonchev–Trinajstić information content (AvgIpc) is 2.17. The minimum Gasteiger partial charge on any atom is -0.493 e. The van der Waals surface area contributed by atoms with E-state index in [0.29, 0.717) is 12.5 Å². The quantitative estimate of drug-likeness (QED) is 0.701. The molecule has 0 saturated heterocycles. The molecular weight excluding hydrogens is 226 g/mol. The molecule has 0 aliphatic carbocycles. The number of fused-ring (bicyclic) bond motifs is 1. The molecule has 88 valence electrons. The van der Waals surface area contributed by atoms with Crippen molar-refractivity contribution in [3.8, 4) is 5.75 Å². The number of nitrogens with two attached hydrogens (primary N) is 1. The van der Waals surface area contributed by atoms with Gasteiger partial charge >= 0.3 is 6.18 Å². The Morgan fingerprint density at radius 2 is 2.00 bits per heavy atom. The Kier molecular flexibility index (Phi) is 2.53. The Bertz CT molecular complexity index is 416. The largest absolute Gasteiger partial charge is 0.493 e. The van der Waals surface area contributed by atoms with Crippen LogP contribution in [0.25, 0.3) is 0 Å². The summed E-state index contributed by atoms with van der Waals surface area (Å²) in [7, 11) is 0. The Hall–Kier alpha value is -1.30. The highest BCUT2D eigenvalue weighted by Crippen LogP contribution is 2.42. The Balaban J connectivity index is 2.62. The highest BCUT2D eigenvalue weighted by molar-refractivity contribution is 5.46. The van der Waals surface area contributed by atoms with E-state index in [0.717, 1.165) is 6.07 Å². The maximum absolute atomic E-state index is 13.0. The number of hydrogen-bond donors (Lipinski definition) is 1. The average molecular weight is 235 g/mol. The third kappa shape index (κ3) is 1.84. The number of ether oxygens (including phenoxy) is 1. The van der Waals surface area contributed by atoms with Gasteiger partial charge in [-0.1, -0.05) is 0 Å². The zero-order valence-corrected chi connectivity index (χ0v) is 8.14. The maximum Gasteiger partial charge on any atom is 0.420 e. The molecule has 1 heterocycles. The van der Waals surface area contributed by atoms with Gasteiger partial charge in [0.15, 0.2) is 0 Å². The first-order valence-corrected chi connectivity index (χ1v) is 4.68. The SMILES string of the molecule is N[C@@H]1CCOc2c1cc(F)cc2C(F)(F)F. The first-order chi connectivity index (χ1) is 7.39. The minimum atomic E-state index is -4.64. The van der Waals surface area contributed by atoms with Gasteiger partial charge in [0.25, 0.3) is 0 Å². The molecule has 0 radical (unpaired) electrons. The number of rotatable bonds is 0. The molecule has 1 aliphatic heterocycles. The van der Waals surface area contributed by atoms with E-state index in [9.17, 15) is 17.6 Å². The van der Waals surface area contributed by atoms with E-state index in [4.69, 9.17) is 10.5 Å². The standard InChI is InChI=1S/C10H9F4NO/c11-5-3-6-8(15)1-2-16-9(6)7(4-5)10(12,13)14/h3-4,8H,1-2,15H2/t8-/m1/s1. The first kappa shape index (κ1) is 11.2. The van der Waals surface area contributed by atoms with Gasteiger partial charge in [-0.15, -0.1) is 0 Å². The maximum atomic E-state index is 13.0. The number of hydrogen-bond acceptors (Lipinski definition) is 2. The number of benzene rings is 1. The van der Waals surface area contributed by atoms with Crippen LogP contribution in [0.4, 0.5) is 17.6 Å². The smallest absolute Gasteiger partial charge is 0.420 e. The van der Waals surface area contributed by atoms with Crippen molar-refractivity contribution in [3.05, 3.63) is 29.1 Å². The lowest BCUT2D eigenvalue weighted by molar-refractivity contribution is -0.139. The lowest BCUT2D eigenvalue weighted by Crippen LogP contribution is -2.23. The van der Waals surface area contributed by atoms with Gasteiger partial charge in [-0.05, 0) is 12.1 Å². The van der Waals surface area contributed by atoms with E-state index in [1.807, 2.05) is 0 Å². The summed E-state index contributed by atoms with van der Waals surface area (Å²) >= 11 is 0. The van der Waals surface area contributed by atoms with Gasteiger partial charge in [0.05, 0.1) is 6.61 Å². The normalized spacial score (nSPS) is 20.2. The zero-order valence-electron chi connectivity index (χ0n) is 8.14. The third-order valence-corrected chi connectivity index (χ3v) is 2.46. The van der Waals surface area contributed by atoms with E-state index in [2.05, 4.69) is 0 Å². The van der Waals surface area contributed by atoms with Gasteiger partial charge in [-0.2, -0.15) is 13.2 Å². The lowest BCUT2D eigenvalue weighted by Gasteiger charge is -2.25. The van der Waals surface area contributed by atoms with Gasteiger partial charge in [0.2, 0.25) is 0 Å². The van der Waals surface area contributed by atoms with Crippen molar-refractivity contribution in [2.75, 3.05) is 6.61 Å². The molecule has 2 nitrogen and oxygen atoms in total. The van der Waals surface area contributed by atoms with Crippen LogP contribution in [-0.4, -0.2) is 6.61 Å². The van der Waals surface area contributed by atoms with Gasteiger partial charge in [0, 0.05) is 18.0 Å². The van der Waals surface area contributed by atoms with Crippen LogP contribution in [0.15, 0.2) is 12.1 Å². The summed E-state index contributed by atoms with van der Waals surface area (Å²) in [5.74, 6) is -1.29. The molecule has 1 aromatic carbocycles. The minimum absolute atomic E-state index is 0.0820. The molecule has 1 aliphatic rings. The highest BCUT2D eigenvalue weighted by atomic mass is 19.4.